The summed E-state index contributed by atoms with van der Waals surface area (Å²) in [4.78, 5) is 11.8. The molecule has 1 amide bonds. The number of hydrogen-bond acceptors (Lipinski definition) is 2. The van der Waals surface area contributed by atoms with Crippen molar-refractivity contribution < 1.29 is 4.79 Å². The van der Waals surface area contributed by atoms with E-state index in [1.165, 1.54) is 19.3 Å². The van der Waals surface area contributed by atoms with Crippen LogP contribution in [0.3, 0.4) is 0 Å². The number of hydrogen-bond donors (Lipinski definition) is 1. The molecule has 0 aromatic carbocycles. The number of rotatable bonds is 5. The van der Waals surface area contributed by atoms with Crippen LogP contribution in [0.2, 0.25) is 0 Å². The molecule has 0 radical (unpaired) electrons. The smallest absolute Gasteiger partial charge is 0.237 e. The molecule has 1 aliphatic carbocycles. The third-order valence-corrected chi connectivity index (χ3v) is 3.82. The topological polar surface area (TPSA) is 52.9 Å². The van der Waals surface area contributed by atoms with Crippen LogP contribution in [-0.4, -0.2) is 11.9 Å². The predicted molar refractivity (Wildman–Crippen MR) is 68.2 cm³/mol. The SMILES string of the molecule is CCCC(C#N)C(=O)NC1CCC(CC)CC1. The van der Waals surface area contributed by atoms with Crippen molar-refractivity contribution in [2.45, 2.75) is 64.8 Å². The fraction of sp³-hybridized carbons (Fsp3) is 0.857. The Labute approximate surface area is 105 Å². The molecule has 3 heteroatoms. The zero-order valence-corrected chi connectivity index (χ0v) is 11.0. The minimum Gasteiger partial charge on any atom is -0.352 e. The second-order valence-electron chi connectivity index (χ2n) is 5.10. The van der Waals surface area contributed by atoms with Gasteiger partial charge in [-0.15, -0.1) is 0 Å². The first kappa shape index (κ1) is 14.0. The Morgan fingerprint density at radius 1 is 1.35 bits per heavy atom. The molecule has 3 nitrogen and oxygen atoms in total. The molecule has 1 fully saturated rings. The predicted octanol–water partition coefficient (Wildman–Crippen LogP) is 3.01. The van der Waals surface area contributed by atoms with E-state index in [4.69, 9.17) is 5.26 Å². The highest BCUT2D eigenvalue weighted by Crippen LogP contribution is 2.26. The van der Waals surface area contributed by atoms with Gasteiger partial charge in [0.1, 0.15) is 5.92 Å². The Bertz CT molecular complexity index is 274. The Morgan fingerprint density at radius 3 is 2.47 bits per heavy atom. The van der Waals surface area contributed by atoms with Gasteiger partial charge in [-0.2, -0.15) is 5.26 Å². The highest BCUT2D eigenvalue weighted by molar-refractivity contribution is 5.81. The molecular weight excluding hydrogens is 212 g/mol. The third-order valence-electron chi connectivity index (χ3n) is 3.82. The maximum absolute atomic E-state index is 11.8. The second-order valence-corrected chi connectivity index (χ2v) is 5.10. The summed E-state index contributed by atoms with van der Waals surface area (Å²) in [5.74, 6) is 0.323. The van der Waals surface area contributed by atoms with Crippen LogP contribution in [-0.2, 0) is 4.79 Å². The van der Waals surface area contributed by atoms with E-state index in [0.29, 0.717) is 12.5 Å². The van der Waals surface area contributed by atoms with Crippen LogP contribution >= 0.6 is 0 Å². The molecule has 0 bridgehead atoms. The van der Waals surface area contributed by atoms with Crippen LogP contribution in [0.1, 0.15) is 58.8 Å². The molecule has 0 aliphatic heterocycles. The average molecular weight is 236 g/mol. The number of carbonyl (C=O) groups excluding carboxylic acids is 1. The van der Waals surface area contributed by atoms with Crippen molar-refractivity contribution in [3.63, 3.8) is 0 Å². The number of nitrogens with one attached hydrogen (secondary N) is 1. The number of nitrogens with zero attached hydrogens (tertiary/aromatic N) is 1. The summed E-state index contributed by atoms with van der Waals surface area (Å²) < 4.78 is 0. The second kappa shape index (κ2) is 7.32. The minimum absolute atomic E-state index is 0.0608. The summed E-state index contributed by atoms with van der Waals surface area (Å²) >= 11 is 0. The van der Waals surface area contributed by atoms with Crippen molar-refractivity contribution in [1.82, 2.24) is 5.32 Å². The Hall–Kier alpha value is -1.04. The van der Waals surface area contributed by atoms with E-state index in [-0.39, 0.29) is 5.91 Å². The third kappa shape index (κ3) is 4.38. The Morgan fingerprint density at radius 2 is 2.00 bits per heavy atom. The van der Waals surface area contributed by atoms with Gasteiger partial charge in [-0.1, -0.05) is 26.7 Å². The lowest BCUT2D eigenvalue weighted by molar-refractivity contribution is -0.124. The fourth-order valence-electron chi connectivity index (χ4n) is 2.56. The zero-order chi connectivity index (χ0) is 12.7. The van der Waals surface area contributed by atoms with E-state index in [9.17, 15) is 4.79 Å². The fourth-order valence-corrected chi connectivity index (χ4v) is 2.56. The van der Waals surface area contributed by atoms with Crippen molar-refractivity contribution in [1.29, 1.82) is 5.26 Å². The number of nitriles is 1. The van der Waals surface area contributed by atoms with E-state index in [0.717, 1.165) is 25.2 Å². The van der Waals surface area contributed by atoms with Crippen molar-refractivity contribution in [3.05, 3.63) is 0 Å². The molecular formula is C14H24N2O. The quantitative estimate of drug-likeness (QED) is 0.797. The largest absolute Gasteiger partial charge is 0.352 e. The lowest BCUT2D eigenvalue weighted by Crippen LogP contribution is -2.40. The Kier molecular flexibility index (Phi) is 6.04. The van der Waals surface area contributed by atoms with Crippen LogP contribution in [0.5, 0.6) is 0 Å². The van der Waals surface area contributed by atoms with Crippen molar-refractivity contribution in [3.8, 4) is 6.07 Å². The van der Waals surface area contributed by atoms with Crippen LogP contribution in [0.15, 0.2) is 0 Å². The van der Waals surface area contributed by atoms with E-state index >= 15 is 0 Å². The maximum atomic E-state index is 11.8. The van der Waals surface area contributed by atoms with Crippen LogP contribution < -0.4 is 5.32 Å². The molecule has 1 saturated carbocycles. The monoisotopic (exact) mass is 236 g/mol. The molecule has 0 heterocycles. The summed E-state index contributed by atoms with van der Waals surface area (Å²) in [6.45, 7) is 4.24. The first-order valence-electron chi connectivity index (χ1n) is 6.91. The van der Waals surface area contributed by atoms with Crippen LogP contribution in [0.25, 0.3) is 0 Å². The number of carbonyl (C=O) groups is 1. The summed E-state index contributed by atoms with van der Waals surface area (Å²) in [5, 5.41) is 12.0. The highest BCUT2D eigenvalue weighted by Gasteiger charge is 2.24. The molecule has 0 saturated heterocycles. The van der Waals surface area contributed by atoms with E-state index in [1.807, 2.05) is 6.92 Å². The molecule has 1 aliphatic rings. The van der Waals surface area contributed by atoms with Gasteiger partial charge in [0, 0.05) is 6.04 Å². The van der Waals surface area contributed by atoms with Gasteiger partial charge in [0.05, 0.1) is 6.07 Å². The number of amides is 1. The summed E-state index contributed by atoms with van der Waals surface area (Å²) in [5.41, 5.74) is 0. The van der Waals surface area contributed by atoms with Crippen molar-refractivity contribution >= 4 is 5.91 Å². The highest BCUT2D eigenvalue weighted by atomic mass is 16.1. The normalized spacial score (nSPS) is 25.9. The van der Waals surface area contributed by atoms with Gasteiger partial charge < -0.3 is 5.32 Å². The van der Waals surface area contributed by atoms with Gasteiger partial charge in [0.2, 0.25) is 5.91 Å². The lowest BCUT2D eigenvalue weighted by Gasteiger charge is -2.28. The van der Waals surface area contributed by atoms with E-state index < -0.39 is 5.92 Å². The first-order valence-corrected chi connectivity index (χ1v) is 6.91. The summed E-state index contributed by atoms with van der Waals surface area (Å²) in [6.07, 6.45) is 7.39. The lowest BCUT2D eigenvalue weighted by atomic mass is 9.84. The van der Waals surface area contributed by atoms with Gasteiger partial charge >= 0.3 is 0 Å². The van der Waals surface area contributed by atoms with Gasteiger partial charge in [-0.3, -0.25) is 4.79 Å². The van der Waals surface area contributed by atoms with Crippen LogP contribution in [0, 0.1) is 23.2 Å². The molecule has 0 aromatic rings. The average Bonchev–Trinajstić information content (AvgIpc) is 2.36. The molecule has 17 heavy (non-hydrogen) atoms. The van der Waals surface area contributed by atoms with Gasteiger partial charge in [0.25, 0.3) is 0 Å². The minimum atomic E-state index is -0.455. The molecule has 0 aromatic heterocycles. The summed E-state index contributed by atoms with van der Waals surface area (Å²) in [7, 11) is 0. The summed E-state index contributed by atoms with van der Waals surface area (Å²) in [6, 6.07) is 2.40. The van der Waals surface area contributed by atoms with Gasteiger partial charge in [0.15, 0.2) is 0 Å². The molecule has 0 spiro atoms. The molecule has 1 N–H and O–H groups in total. The first-order chi connectivity index (χ1) is 8.21. The van der Waals surface area contributed by atoms with E-state index in [2.05, 4.69) is 18.3 Å². The molecule has 1 unspecified atom stereocenters. The van der Waals surface area contributed by atoms with E-state index in [1.54, 1.807) is 0 Å². The van der Waals surface area contributed by atoms with Crippen LogP contribution in [0.4, 0.5) is 0 Å². The maximum Gasteiger partial charge on any atom is 0.237 e. The van der Waals surface area contributed by atoms with Gasteiger partial charge in [-0.05, 0) is 38.0 Å². The van der Waals surface area contributed by atoms with Crippen molar-refractivity contribution in [2.75, 3.05) is 0 Å². The molecule has 1 rings (SSSR count). The van der Waals surface area contributed by atoms with Gasteiger partial charge in [-0.25, -0.2) is 0 Å². The molecule has 1 atom stereocenters. The van der Waals surface area contributed by atoms with Crippen molar-refractivity contribution in [2.24, 2.45) is 11.8 Å². The Balaban J connectivity index is 2.34. The standard InChI is InChI=1S/C14H24N2O/c1-3-5-12(10-15)14(17)16-13-8-6-11(4-2)7-9-13/h11-13H,3-9H2,1-2H3,(H,16,17). The zero-order valence-electron chi connectivity index (χ0n) is 11.0. The molecule has 96 valence electrons.